The maximum atomic E-state index is 11.4. The van der Waals surface area contributed by atoms with Gasteiger partial charge in [0, 0.05) is 5.39 Å². The van der Waals surface area contributed by atoms with E-state index in [9.17, 15) is 4.91 Å². The summed E-state index contributed by atoms with van der Waals surface area (Å²) in [6, 6.07) is 26.8. The summed E-state index contributed by atoms with van der Waals surface area (Å²) in [6.07, 6.45) is 0. The smallest absolute Gasteiger partial charge is 0.116 e. The summed E-state index contributed by atoms with van der Waals surface area (Å²) < 4.78 is 0. The fourth-order valence-corrected chi connectivity index (χ4v) is 3.83. The molecule has 0 heterocycles. The summed E-state index contributed by atoms with van der Waals surface area (Å²) in [6.45, 7) is 0. The second kappa shape index (κ2) is 4.87. The summed E-state index contributed by atoms with van der Waals surface area (Å²) in [5.74, 6) is 0. The number of fused-ring (bicyclic) bond motifs is 8. The Bertz CT molecular complexity index is 1240. The highest BCUT2D eigenvalue weighted by Gasteiger charge is 2.13. The van der Waals surface area contributed by atoms with Gasteiger partial charge >= 0.3 is 0 Å². The van der Waals surface area contributed by atoms with Gasteiger partial charge in [-0.3, -0.25) is 0 Å². The first-order valence-corrected chi connectivity index (χ1v) is 7.97. The first-order chi connectivity index (χ1) is 11.9. The molecule has 0 aliphatic heterocycles. The molecule has 0 spiro atoms. The first-order valence-electron chi connectivity index (χ1n) is 7.97. The lowest BCUT2D eigenvalue weighted by Gasteiger charge is -2.13. The Morgan fingerprint density at radius 1 is 0.500 bits per heavy atom. The normalized spacial score (nSPS) is 11.5. The van der Waals surface area contributed by atoms with Crippen molar-refractivity contribution < 1.29 is 0 Å². The first kappa shape index (κ1) is 13.2. The van der Waals surface area contributed by atoms with Crippen molar-refractivity contribution in [3.8, 4) is 0 Å². The topological polar surface area (TPSA) is 29.4 Å². The molecule has 0 atom stereocenters. The van der Waals surface area contributed by atoms with Crippen molar-refractivity contribution >= 4 is 48.8 Å². The fraction of sp³-hybridized carbons (Fsp3) is 0. The Morgan fingerprint density at radius 2 is 1.08 bits per heavy atom. The molecule has 2 nitrogen and oxygen atoms in total. The van der Waals surface area contributed by atoms with Crippen molar-refractivity contribution in [2.75, 3.05) is 0 Å². The van der Waals surface area contributed by atoms with Crippen LogP contribution in [0.3, 0.4) is 0 Å². The van der Waals surface area contributed by atoms with Gasteiger partial charge in [-0.1, -0.05) is 72.8 Å². The van der Waals surface area contributed by atoms with Crippen molar-refractivity contribution in [2.24, 2.45) is 5.18 Å². The van der Waals surface area contributed by atoms with Gasteiger partial charge in [0.05, 0.1) is 0 Å². The number of benzene rings is 5. The van der Waals surface area contributed by atoms with Crippen LogP contribution in [0.4, 0.5) is 5.69 Å². The number of hydrogen-bond donors (Lipinski definition) is 0. The number of nitrogens with zero attached hydrogens (tertiary/aromatic N) is 1. The minimum absolute atomic E-state index is 0.499. The van der Waals surface area contributed by atoms with Gasteiger partial charge in [0.1, 0.15) is 5.69 Å². The van der Waals surface area contributed by atoms with Crippen molar-refractivity contribution in [2.45, 2.75) is 0 Å². The van der Waals surface area contributed by atoms with Gasteiger partial charge in [0.2, 0.25) is 0 Å². The van der Waals surface area contributed by atoms with Crippen molar-refractivity contribution in [3.63, 3.8) is 0 Å². The van der Waals surface area contributed by atoms with Crippen LogP contribution in [-0.4, -0.2) is 0 Å². The molecule has 24 heavy (non-hydrogen) atoms. The van der Waals surface area contributed by atoms with Crippen LogP contribution in [0, 0.1) is 4.91 Å². The second-order valence-corrected chi connectivity index (χ2v) is 6.05. The van der Waals surface area contributed by atoms with Crippen LogP contribution < -0.4 is 0 Å². The number of rotatable bonds is 1. The predicted molar refractivity (Wildman–Crippen MR) is 102 cm³/mol. The second-order valence-electron chi connectivity index (χ2n) is 6.05. The molecule has 5 aromatic rings. The highest BCUT2D eigenvalue weighted by atomic mass is 16.3. The molecular formula is C22H13NO. The fourth-order valence-electron chi connectivity index (χ4n) is 3.83. The molecule has 0 N–H and O–H groups in total. The van der Waals surface area contributed by atoms with E-state index in [0.717, 1.165) is 26.9 Å². The molecule has 0 aliphatic carbocycles. The zero-order valence-corrected chi connectivity index (χ0v) is 12.9. The van der Waals surface area contributed by atoms with E-state index in [0.29, 0.717) is 5.69 Å². The van der Waals surface area contributed by atoms with E-state index in [2.05, 4.69) is 59.8 Å². The van der Waals surface area contributed by atoms with Crippen LogP contribution in [-0.2, 0) is 0 Å². The standard InChI is InChI=1S/C22H13NO/c24-23-20-11-5-10-18-19-13-12-14-6-1-2-7-15(14)21(19)16-8-3-4-9-17(16)22(18)20/h1-13H. The summed E-state index contributed by atoms with van der Waals surface area (Å²) >= 11 is 0. The van der Waals surface area contributed by atoms with Crippen LogP contribution in [0.1, 0.15) is 0 Å². The van der Waals surface area contributed by atoms with Crippen molar-refractivity contribution in [1.29, 1.82) is 0 Å². The third kappa shape index (κ3) is 1.65. The lowest BCUT2D eigenvalue weighted by molar-refractivity contribution is 1.55. The molecule has 5 aromatic carbocycles. The minimum Gasteiger partial charge on any atom is -0.145 e. The predicted octanol–water partition coefficient (Wildman–Crippen LogP) is 6.70. The molecule has 0 radical (unpaired) electrons. The van der Waals surface area contributed by atoms with Gasteiger partial charge in [0.15, 0.2) is 0 Å². The Balaban J connectivity index is 2.23. The molecular weight excluding hydrogens is 294 g/mol. The molecule has 0 saturated heterocycles. The highest BCUT2D eigenvalue weighted by molar-refractivity contribution is 6.33. The van der Waals surface area contributed by atoms with E-state index in [-0.39, 0.29) is 0 Å². The maximum absolute atomic E-state index is 11.4. The van der Waals surface area contributed by atoms with Crippen molar-refractivity contribution in [1.82, 2.24) is 0 Å². The molecule has 0 amide bonds. The Kier molecular flexibility index (Phi) is 2.68. The molecule has 0 aliphatic rings. The maximum Gasteiger partial charge on any atom is 0.116 e. The molecule has 0 bridgehead atoms. The molecule has 112 valence electrons. The average molecular weight is 307 g/mol. The van der Waals surface area contributed by atoms with E-state index in [1.807, 2.05) is 18.2 Å². The van der Waals surface area contributed by atoms with E-state index >= 15 is 0 Å². The summed E-state index contributed by atoms with van der Waals surface area (Å²) in [4.78, 5) is 11.4. The quantitative estimate of drug-likeness (QED) is 0.250. The zero-order valence-electron chi connectivity index (χ0n) is 12.9. The van der Waals surface area contributed by atoms with Gasteiger partial charge in [-0.25, -0.2) is 0 Å². The molecule has 5 rings (SSSR count). The Morgan fingerprint density at radius 3 is 1.83 bits per heavy atom. The van der Waals surface area contributed by atoms with E-state index in [4.69, 9.17) is 0 Å². The van der Waals surface area contributed by atoms with Gasteiger partial charge in [-0.15, -0.1) is 4.91 Å². The summed E-state index contributed by atoms with van der Waals surface area (Å²) in [7, 11) is 0. The summed E-state index contributed by atoms with van der Waals surface area (Å²) in [5, 5.41) is 12.4. The van der Waals surface area contributed by atoms with E-state index < -0.39 is 0 Å². The molecule has 0 fully saturated rings. The number of nitroso groups, excluding NO2 is 1. The molecule has 0 aromatic heterocycles. The highest BCUT2D eigenvalue weighted by Crippen LogP contribution is 2.41. The molecule has 0 unspecified atom stereocenters. The lowest BCUT2D eigenvalue weighted by atomic mass is 9.90. The third-order valence-corrected chi connectivity index (χ3v) is 4.83. The molecule has 0 saturated carbocycles. The van der Waals surface area contributed by atoms with Crippen molar-refractivity contribution in [3.05, 3.63) is 83.8 Å². The van der Waals surface area contributed by atoms with Gasteiger partial charge in [0.25, 0.3) is 0 Å². The van der Waals surface area contributed by atoms with Crippen LogP contribution in [0.25, 0.3) is 43.1 Å². The average Bonchev–Trinajstić information content (AvgIpc) is 2.67. The Labute approximate surface area is 138 Å². The lowest BCUT2D eigenvalue weighted by Crippen LogP contribution is -1.85. The van der Waals surface area contributed by atoms with E-state index in [1.54, 1.807) is 6.07 Å². The van der Waals surface area contributed by atoms with Gasteiger partial charge in [-0.2, -0.15) is 0 Å². The van der Waals surface area contributed by atoms with Crippen LogP contribution in [0.5, 0.6) is 0 Å². The zero-order chi connectivity index (χ0) is 16.1. The largest absolute Gasteiger partial charge is 0.145 e. The summed E-state index contributed by atoms with van der Waals surface area (Å²) in [5.41, 5.74) is 0.499. The molecule has 2 heteroatoms. The third-order valence-electron chi connectivity index (χ3n) is 4.83. The van der Waals surface area contributed by atoms with Crippen LogP contribution in [0.2, 0.25) is 0 Å². The Hall–Kier alpha value is -3.26. The number of hydrogen-bond acceptors (Lipinski definition) is 2. The SMILES string of the molecule is O=Nc1cccc2c3ccc4ccccc4c3c3ccccc3c12. The van der Waals surface area contributed by atoms with Crippen LogP contribution >= 0.6 is 0 Å². The monoisotopic (exact) mass is 307 g/mol. The van der Waals surface area contributed by atoms with Gasteiger partial charge < -0.3 is 0 Å². The van der Waals surface area contributed by atoms with Crippen LogP contribution in [0.15, 0.2) is 84.0 Å². The van der Waals surface area contributed by atoms with E-state index in [1.165, 1.54) is 16.2 Å². The van der Waals surface area contributed by atoms with Gasteiger partial charge in [-0.05, 0) is 48.9 Å². The minimum atomic E-state index is 0.499.